The molecule has 3 aromatic rings. The number of aryl methyl sites for hydroxylation is 2. The number of ketones is 1. The Hall–Kier alpha value is -3.92. The van der Waals surface area contributed by atoms with Gasteiger partial charge in [0.05, 0.1) is 24.0 Å². The number of aliphatic hydroxyl groups is 1. The van der Waals surface area contributed by atoms with Gasteiger partial charge >= 0.3 is 11.9 Å². The van der Waals surface area contributed by atoms with Gasteiger partial charge in [0.2, 0.25) is 0 Å². The third-order valence-electron chi connectivity index (χ3n) is 5.43. The molecular weight excluding hydrogens is 484 g/mol. The van der Waals surface area contributed by atoms with Crippen LogP contribution in [-0.2, 0) is 14.3 Å². The number of esters is 1. The second-order valence-corrected chi connectivity index (χ2v) is 9.42. The normalized spacial score (nSPS) is 17.2. The largest absolute Gasteiger partial charge is 0.507 e. The summed E-state index contributed by atoms with van der Waals surface area (Å²) in [5.74, 6) is -1.26. The highest BCUT2D eigenvalue weighted by Crippen LogP contribution is 2.44. The quantitative estimate of drug-likeness (QED) is 0.205. The van der Waals surface area contributed by atoms with E-state index in [1.54, 1.807) is 57.2 Å². The summed E-state index contributed by atoms with van der Waals surface area (Å²) in [6, 6.07) is 8.82. The van der Waals surface area contributed by atoms with Crippen LogP contribution in [0.4, 0.5) is 5.13 Å². The van der Waals surface area contributed by atoms with Crippen molar-refractivity contribution in [2.75, 3.05) is 11.5 Å². The van der Waals surface area contributed by atoms with Gasteiger partial charge in [0, 0.05) is 5.56 Å². The molecule has 1 atom stereocenters. The van der Waals surface area contributed by atoms with Gasteiger partial charge in [-0.15, -0.1) is 0 Å². The van der Waals surface area contributed by atoms with E-state index >= 15 is 0 Å². The molecule has 1 amide bonds. The van der Waals surface area contributed by atoms with E-state index in [0.29, 0.717) is 22.8 Å². The standard InChI is InChI=1S/C26H26N2O7S/c1-6-33-25(32)23-15(5)27-26(36-23)28-20(18-12-7-14(4)35-18)19(22(30)24(28)31)21(29)16-8-10-17(11-9-16)34-13(2)3/h7-13,20,29H,6H2,1-5H3/b21-19+. The van der Waals surface area contributed by atoms with Crippen molar-refractivity contribution in [2.45, 2.75) is 46.8 Å². The molecule has 1 aromatic carbocycles. The molecule has 4 rings (SSSR count). The highest BCUT2D eigenvalue weighted by Gasteiger charge is 2.50. The molecule has 10 heteroatoms. The number of aliphatic hydroxyl groups excluding tert-OH is 1. The number of hydrogen-bond donors (Lipinski definition) is 1. The molecule has 3 heterocycles. The molecule has 9 nitrogen and oxygen atoms in total. The first-order chi connectivity index (χ1) is 17.1. The van der Waals surface area contributed by atoms with Gasteiger partial charge in [-0.1, -0.05) is 11.3 Å². The molecule has 1 N–H and O–H groups in total. The Morgan fingerprint density at radius 2 is 1.86 bits per heavy atom. The van der Waals surface area contributed by atoms with Crippen LogP contribution in [0.25, 0.3) is 5.76 Å². The number of furan rings is 1. The Morgan fingerprint density at radius 1 is 1.17 bits per heavy atom. The summed E-state index contributed by atoms with van der Waals surface area (Å²) in [6.07, 6.45) is -0.0294. The maximum atomic E-state index is 13.3. The molecule has 1 fully saturated rings. The summed E-state index contributed by atoms with van der Waals surface area (Å²) in [4.78, 5) is 44.6. The van der Waals surface area contributed by atoms with Crippen molar-refractivity contribution in [3.05, 3.63) is 69.6 Å². The minimum absolute atomic E-state index is 0.0294. The fourth-order valence-electron chi connectivity index (χ4n) is 3.89. The highest BCUT2D eigenvalue weighted by atomic mass is 32.1. The van der Waals surface area contributed by atoms with Gasteiger partial charge in [-0.2, -0.15) is 0 Å². The van der Waals surface area contributed by atoms with Crippen LogP contribution in [-0.4, -0.2) is 40.5 Å². The number of thiazole rings is 1. The van der Waals surface area contributed by atoms with Crippen molar-refractivity contribution in [1.82, 2.24) is 4.98 Å². The summed E-state index contributed by atoms with van der Waals surface area (Å²) in [6.45, 7) is 9.02. The van der Waals surface area contributed by atoms with E-state index in [0.717, 1.165) is 16.2 Å². The second-order valence-electron chi connectivity index (χ2n) is 8.44. The first kappa shape index (κ1) is 25.2. The van der Waals surface area contributed by atoms with Crippen molar-refractivity contribution in [2.24, 2.45) is 0 Å². The summed E-state index contributed by atoms with van der Waals surface area (Å²) in [5, 5.41) is 11.3. The number of Topliss-reactive ketones (excluding diaryl/α,β-unsaturated/α-hetero) is 1. The van der Waals surface area contributed by atoms with E-state index < -0.39 is 23.7 Å². The zero-order chi connectivity index (χ0) is 26.1. The van der Waals surface area contributed by atoms with E-state index in [1.165, 1.54) is 0 Å². The predicted molar refractivity (Wildman–Crippen MR) is 133 cm³/mol. The van der Waals surface area contributed by atoms with Crippen LogP contribution in [0.5, 0.6) is 5.75 Å². The number of amides is 1. The van der Waals surface area contributed by atoms with Crippen LogP contribution in [0.3, 0.4) is 0 Å². The lowest BCUT2D eigenvalue weighted by molar-refractivity contribution is -0.132. The van der Waals surface area contributed by atoms with Gasteiger partial charge in [-0.3, -0.25) is 14.5 Å². The van der Waals surface area contributed by atoms with E-state index in [9.17, 15) is 19.5 Å². The first-order valence-corrected chi connectivity index (χ1v) is 12.2. The molecule has 2 aromatic heterocycles. The van der Waals surface area contributed by atoms with Crippen LogP contribution < -0.4 is 9.64 Å². The number of carbonyl (C=O) groups excluding carboxylic acids is 3. The third kappa shape index (κ3) is 4.64. The SMILES string of the molecule is CCOC(=O)c1sc(N2C(=O)C(=O)/C(=C(/O)c3ccc(OC(C)C)cc3)C2c2ccc(C)o2)nc1C. The number of anilines is 1. The summed E-state index contributed by atoms with van der Waals surface area (Å²) in [7, 11) is 0. The van der Waals surface area contributed by atoms with Crippen LogP contribution in [0, 0.1) is 13.8 Å². The minimum Gasteiger partial charge on any atom is -0.507 e. The molecule has 36 heavy (non-hydrogen) atoms. The Labute approximate surface area is 212 Å². The van der Waals surface area contributed by atoms with E-state index in [4.69, 9.17) is 13.9 Å². The molecule has 1 unspecified atom stereocenters. The Bertz CT molecular complexity index is 1350. The fourth-order valence-corrected chi connectivity index (χ4v) is 4.88. The van der Waals surface area contributed by atoms with Crippen molar-refractivity contribution in [1.29, 1.82) is 0 Å². The van der Waals surface area contributed by atoms with Crippen LogP contribution >= 0.6 is 11.3 Å². The fraction of sp³-hybridized carbons (Fsp3) is 0.308. The van der Waals surface area contributed by atoms with E-state index in [-0.39, 0.29) is 39.8 Å². The number of nitrogens with zero attached hydrogens (tertiary/aromatic N) is 2. The van der Waals surface area contributed by atoms with Crippen molar-refractivity contribution < 1.29 is 33.4 Å². The predicted octanol–water partition coefficient (Wildman–Crippen LogP) is 4.94. The first-order valence-electron chi connectivity index (χ1n) is 11.4. The third-order valence-corrected chi connectivity index (χ3v) is 6.56. The summed E-state index contributed by atoms with van der Waals surface area (Å²) < 4.78 is 16.5. The highest BCUT2D eigenvalue weighted by molar-refractivity contribution is 7.17. The van der Waals surface area contributed by atoms with Crippen molar-refractivity contribution >= 4 is 39.9 Å². The van der Waals surface area contributed by atoms with Crippen LogP contribution in [0.15, 0.2) is 46.4 Å². The topological polar surface area (TPSA) is 119 Å². The molecule has 1 aliphatic heterocycles. The number of carbonyl (C=O) groups is 3. The number of benzene rings is 1. The summed E-state index contributed by atoms with van der Waals surface area (Å²) >= 11 is 0.938. The zero-order valence-corrected chi connectivity index (χ0v) is 21.3. The lowest BCUT2D eigenvalue weighted by Gasteiger charge is -2.20. The number of hydrogen-bond acceptors (Lipinski definition) is 9. The molecule has 1 aliphatic rings. The molecule has 0 aliphatic carbocycles. The monoisotopic (exact) mass is 510 g/mol. The van der Waals surface area contributed by atoms with Gasteiger partial charge in [0.25, 0.3) is 5.78 Å². The van der Waals surface area contributed by atoms with Gasteiger partial charge in [0.1, 0.15) is 33.9 Å². The van der Waals surface area contributed by atoms with Gasteiger partial charge < -0.3 is 19.0 Å². The number of rotatable bonds is 7. The molecule has 1 saturated heterocycles. The van der Waals surface area contributed by atoms with Crippen molar-refractivity contribution in [3.8, 4) is 5.75 Å². The van der Waals surface area contributed by atoms with Crippen LogP contribution in [0.1, 0.15) is 59.3 Å². The van der Waals surface area contributed by atoms with Crippen molar-refractivity contribution in [3.63, 3.8) is 0 Å². The van der Waals surface area contributed by atoms with E-state index in [2.05, 4.69) is 4.98 Å². The van der Waals surface area contributed by atoms with Gasteiger partial charge in [0.15, 0.2) is 5.13 Å². The Morgan fingerprint density at radius 3 is 2.44 bits per heavy atom. The second kappa shape index (κ2) is 9.98. The van der Waals surface area contributed by atoms with Crippen LogP contribution in [0.2, 0.25) is 0 Å². The maximum absolute atomic E-state index is 13.3. The molecule has 0 bridgehead atoms. The maximum Gasteiger partial charge on any atom is 0.350 e. The number of ether oxygens (including phenoxy) is 2. The Balaban J connectivity index is 1.83. The molecular formula is C26H26N2O7S. The number of aromatic nitrogens is 1. The smallest absolute Gasteiger partial charge is 0.350 e. The van der Waals surface area contributed by atoms with Gasteiger partial charge in [-0.05, 0) is 71.0 Å². The average Bonchev–Trinajstić information content (AvgIpc) is 3.49. The zero-order valence-electron chi connectivity index (χ0n) is 20.5. The summed E-state index contributed by atoms with van der Waals surface area (Å²) in [5.41, 5.74) is 0.558. The Kier molecular flexibility index (Phi) is 6.98. The van der Waals surface area contributed by atoms with E-state index in [1.807, 2.05) is 13.8 Å². The lowest BCUT2D eigenvalue weighted by atomic mass is 9.99. The molecule has 0 saturated carbocycles. The minimum atomic E-state index is -1.08. The lowest BCUT2D eigenvalue weighted by Crippen LogP contribution is -2.29. The average molecular weight is 511 g/mol. The van der Waals surface area contributed by atoms with Gasteiger partial charge in [-0.25, -0.2) is 9.78 Å². The molecule has 0 spiro atoms. The molecule has 188 valence electrons. The molecule has 0 radical (unpaired) electrons.